The fourth-order valence-corrected chi connectivity index (χ4v) is 2.93. The molecule has 0 aliphatic heterocycles. The number of hydrogen-bond acceptors (Lipinski definition) is 1. The Morgan fingerprint density at radius 2 is 1.80 bits per heavy atom. The SMILES string of the molecule is CCCCCCCCC(NCC)c1ccc(Br)c(Cl)c1. The standard InChI is InChI=1S/C17H27BrClN/c1-3-5-6-7-8-9-10-17(20-4-2)14-11-12-15(18)16(19)13-14/h11-13,17,20H,3-10H2,1-2H3. The van der Waals surface area contributed by atoms with E-state index in [2.05, 4.69) is 47.2 Å². The van der Waals surface area contributed by atoms with E-state index in [9.17, 15) is 0 Å². The smallest absolute Gasteiger partial charge is 0.0551 e. The Morgan fingerprint density at radius 3 is 2.45 bits per heavy atom. The molecule has 114 valence electrons. The highest BCUT2D eigenvalue weighted by molar-refractivity contribution is 9.10. The van der Waals surface area contributed by atoms with Gasteiger partial charge in [-0.25, -0.2) is 0 Å². The van der Waals surface area contributed by atoms with Gasteiger partial charge in [-0.1, -0.05) is 70.0 Å². The Kier molecular flexibility index (Phi) is 9.58. The van der Waals surface area contributed by atoms with Crippen molar-refractivity contribution in [2.24, 2.45) is 0 Å². The van der Waals surface area contributed by atoms with Crippen LogP contribution < -0.4 is 5.32 Å². The predicted molar refractivity (Wildman–Crippen MR) is 93.6 cm³/mol. The molecule has 1 aromatic rings. The largest absolute Gasteiger partial charge is 0.310 e. The second-order valence-corrected chi connectivity index (χ2v) is 6.60. The third kappa shape index (κ3) is 6.60. The first-order chi connectivity index (χ1) is 9.69. The van der Waals surface area contributed by atoms with Gasteiger partial charge in [-0.2, -0.15) is 0 Å². The zero-order valence-electron chi connectivity index (χ0n) is 12.7. The van der Waals surface area contributed by atoms with Crippen LogP contribution in [0.1, 0.15) is 70.4 Å². The highest BCUT2D eigenvalue weighted by Gasteiger charge is 2.11. The van der Waals surface area contributed by atoms with Crippen LogP contribution in [0.15, 0.2) is 22.7 Å². The van der Waals surface area contributed by atoms with Gasteiger partial charge in [0.2, 0.25) is 0 Å². The van der Waals surface area contributed by atoms with Crippen LogP contribution in [0.3, 0.4) is 0 Å². The number of halogens is 2. The molecule has 0 fully saturated rings. The van der Waals surface area contributed by atoms with Crippen molar-refractivity contribution in [3.8, 4) is 0 Å². The molecule has 0 spiro atoms. The second-order valence-electron chi connectivity index (χ2n) is 5.34. The first kappa shape index (κ1) is 18.0. The average Bonchev–Trinajstić information content (AvgIpc) is 2.44. The summed E-state index contributed by atoms with van der Waals surface area (Å²) in [6.45, 7) is 5.42. The highest BCUT2D eigenvalue weighted by atomic mass is 79.9. The normalized spacial score (nSPS) is 12.6. The van der Waals surface area contributed by atoms with Crippen LogP contribution in [0.2, 0.25) is 5.02 Å². The molecule has 1 rings (SSSR count). The number of unbranched alkanes of at least 4 members (excludes halogenated alkanes) is 5. The average molecular weight is 361 g/mol. The molecule has 0 radical (unpaired) electrons. The topological polar surface area (TPSA) is 12.0 Å². The highest BCUT2D eigenvalue weighted by Crippen LogP contribution is 2.28. The molecule has 0 aliphatic carbocycles. The maximum absolute atomic E-state index is 6.20. The van der Waals surface area contributed by atoms with E-state index in [1.165, 1.54) is 50.5 Å². The molecular weight excluding hydrogens is 334 g/mol. The van der Waals surface area contributed by atoms with Crippen molar-refractivity contribution in [3.05, 3.63) is 33.3 Å². The van der Waals surface area contributed by atoms with Crippen molar-refractivity contribution in [2.75, 3.05) is 6.54 Å². The maximum Gasteiger partial charge on any atom is 0.0551 e. The molecule has 1 atom stereocenters. The van der Waals surface area contributed by atoms with Gasteiger partial charge < -0.3 is 5.32 Å². The summed E-state index contributed by atoms with van der Waals surface area (Å²) < 4.78 is 0.970. The Hall–Kier alpha value is -0.0500. The molecule has 0 bridgehead atoms. The van der Waals surface area contributed by atoms with Gasteiger partial charge in [0.15, 0.2) is 0 Å². The van der Waals surface area contributed by atoms with E-state index in [-0.39, 0.29) is 0 Å². The molecule has 0 saturated carbocycles. The fourth-order valence-electron chi connectivity index (χ4n) is 2.49. The van der Waals surface area contributed by atoms with E-state index in [4.69, 9.17) is 11.6 Å². The summed E-state index contributed by atoms with van der Waals surface area (Å²) in [6.07, 6.45) is 9.26. The van der Waals surface area contributed by atoms with Crippen molar-refractivity contribution in [2.45, 2.75) is 64.8 Å². The second kappa shape index (κ2) is 10.6. The van der Waals surface area contributed by atoms with Gasteiger partial charge in [-0.15, -0.1) is 0 Å². The molecule has 3 heteroatoms. The van der Waals surface area contributed by atoms with Gasteiger partial charge in [0.25, 0.3) is 0 Å². The van der Waals surface area contributed by atoms with Crippen LogP contribution >= 0.6 is 27.5 Å². The van der Waals surface area contributed by atoms with E-state index in [1.807, 2.05) is 6.07 Å². The molecule has 1 nitrogen and oxygen atoms in total. The minimum absolute atomic E-state index is 0.428. The summed E-state index contributed by atoms with van der Waals surface area (Å²) in [4.78, 5) is 0. The summed E-state index contributed by atoms with van der Waals surface area (Å²) in [6, 6.07) is 6.72. The summed E-state index contributed by atoms with van der Waals surface area (Å²) in [7, 11) is 0. The van der Waals surface area contributed by atoms with Crippen LogP contribution in [0, 0.1) is 0 Å². The Labute approximate surface area is 137 Å². The lowest BCUT2D eigenvalue weighted by Gasteiger charge is -2.19. The van der Waals surface area contributed by atoms with Gasteiger partial charge in [0.1, 0.15) is 0 Å². The van der Waals surface area contributed by atoms with E-state index < -0.39 is 0 Å². The molecule has 1 unspecified atom stereocenters. The fraction of sp³-hybridized carbons (Fsp3) is 0.647. The van der Waals surface area contributed by atoms with Gasteiger partial charge in [-0.3, -0.25) is 0 Å². The number of hydrogen-bond donors (Lipinski definition) is 1. The lowest BCUT2D eigenvalue weighted by Crippen LogP contribution is -2.20. The number of rotatable bonds is 10. The summed E-state index contributed by atoms with van der Waals surface area (Å²) in [5, 5.41) is 4.37. The Morgan fingerprint density at radius 1 is 1.10 bits per heavy atom. The molecular formula is C17H27BrClN. The van der Waals surface area contributed by atoms with Crippen LogP contribution in [0.5, 0.6) is 0 Å². The van der Waals surface area contributed by atoms with Crippen LogP contribution in [-0.4, -0.2) is 6.54 Å². The van der Waals surface area contributed by atoms with Crippen molar-refractivity contribution < 1.29 is 0 Å². The third-order valence-corrected chi connectivity index (χ3v) is 4.88. The van der Waals surface area contributed by atoms with Crippen molar-refractivity contribution in [1.82, 2.24) is 5.32 Å². The van der Waals surface area contributed by atoms with E-state index in [0.717, 1.165) is 16.0 Å². The monoisotopic (exact) mass is 359 g/mol. The van der Waals surface area contributed by atoms with E-state index >= 15 is 0 Å². The molecule has 0 aromatic heterocycles. The minimum Gasteiger partial charge on any atom is -0.310 e. The van der Waals surface area contributed by atoms with E-state index in [1.54, 1.807) is 0 Å². The third-order valence-electron chi connectivity index (χ3n) is 3.64. The lowest BCUT2D eigenvalue weighted by molar-refractivity contribution is 0.477. The zero-order chi connectivity index (χ0) is 14.8. The number of benzene rings is 1. The maximum atomic E-state index is 6.20. The van der Waals surface area contributed by atoms with Gasteiger partial charge in [0.05, 0.1) is 5.02 Å². The van der Waals surface area contributed by atoms with Crippen molar-refractivity contribution in [3.63, 3.8) is 0 Å². The van der Waals surface area contributed by atoms with Gasteiger partial charge in [-0.05, 0) is 46.6 Å². The molecule has 1 aromatic carbocycles. The molecule has 1 N–H and O–H groups in total. The van der Waals surface area contributed by atoms with E-state index in [0.29, 0.717) is 6.04 Å². The molecule has 0 aliphatic rings. The molecule has 20 heavy (non-hydrogen) atoms. The quantitative estimate of drug-likeness (QED) is 0.469. The first-order valence-electron chi connectivity index (χ1n) is 7.87. The van der Waals surface area contributed by atoms with Crippen molar-refractivity contribution >= 4 is 27.5 Å². The summed E-state index contributed by atoms with van der Waals surface area (Å²) in [5.74, 6) is 0. The summed E-state index contributed by atoms with van der Waals surface area (Å²) >= 11 is 9.65. The lowest BCUT2D eigenvalue weighted by atomic mass is 9.99. The summed E-state index contributed by atoms with van der Waals surface area (Å²) in [5.41, 5.74) is 1.30. The molecule has 0 saturated heterocycles. The minimum atomic E-state index is 0.428. The molecule has 0 heterocycles. The first-order valence-corrected chi connectivity index (χ1v) is 9.04. The zero-order valence-corrected chi connectivity index (χ0v) is 15.1. The van der Waals surface area contributed by atoms with Gasteiger partial charge >= 0.3 is 0 Å². The van der Waals surface area contributed by atoms with Crippen molar-refractivity contribution in [1.29, 1.82) is 0 Å². The molecule has 0 amide bonds. The van der Waals surface area contributed by atoms with Crippen LogP contribution in [0.25, 0.3) is 0 Å². The van der Waals surface area contributed by atoms with Crippen LogP contribution in [0.4, 0.5) is 0 Å². The number of nitrogens with one attached hydrogen (secondary N) is 1. The predicted octanol–water partition coefficient (Wildman–Crippen LogP) is 6.50. The van der Waals surface area contributed by atoms with Gasteiger partial charge in [0, 0.05) is 10.5 Å². The Bertz CT molecular complexity index is 381. The Balaban J connectivity index is 2.45. The van der Waals surface area contributed by atoms with Crippen LogP contribution in [-0.2, 0) is 0 Å².